The normalized spacial score (nSPS) is 11.4. The fourth-order valence-corrected chi connectivity index (χ4v) is 6.82. The van der Waals surface area contributed by atoms with E-state index in [1.54, 1.807) is 24.3 Å². The van der Waals surface area contributed by atoms with E-state index in [1.165, 1.54) is 8.79 Å². The van der Waals surface area contributed by atoms with Crippen molar-refractivity contribution in [1.82, 2.24) is 0 Å². The number of phenolic OH excluding ortho intramolecular Hbond substituents is 2. The summed E-state index contributed by atoms with van der Waals surface area (Å²) in [6.45, 7) is 0. The van der Waals surface area contributed by atoms with Gasteiger partial charge >= 0.3 is 104 Å². The van der Waals surface area contributed by atoms with Crippen LogP contribution in [-0.4, -0.2) is 23.5 Å². The van der Waals surface area contributed by atoms with Gasteiger partial charge in [0.25, 0.3) is 0 Å². The van der Waals surface area contributed by atoms with Crippen molar-refractivity contribution in [1.29, 1.82) is 0 Å². The van der Waals surface area contributed by atoms with Crippen molar-refractivity contribution in [3.63, 3.8) is 0 Å². The van der Waals surface area contributed by atoms with Crippen LogP contribution in [0.2, 0.25) is 11.5 Å². The summed E-state index contributed by atoms with van der Waals surface area (Å²) >= 11 is -2.27. The zero-order valence-electron chi connectivity index (χ0n) is 10.0. The van der Waals surface area contributed by atoms with E-state index < -0.39 is 13.3 Å². The predicted octanol–water partition coefficient (Wildman–Crippen LogP) is 1.92. The van der Waals surface area contributed by atoms with Crippen molar-refractivity contribution < 1.29 is 10.2 Å². The van der Waals surface area contributed by atoms with Crippen LogP contribution in [0.15, 0.2) is 48.5 Å². The van der Waals surface area contributed by atoms with Crippen LogP contribution >= 0.6 is 0 Å². The van der Waals surface area contributed by atoms with E-state index in [-0.39, 0.29) is 0 Å². The van der Waals surface area contributed by atoms with Gasteiger partial charge in [-0.25, -0.2) is 0 Å². The molecule has 0 spiro atoms. The van der Waals surface area contributed by atoms with Gasteiger partial charge in [-0.3, -0.25) is 0 Å². The maximum atomic E-state index is 9.32. The number of rotatable bonds is 2. The van der Waals surface area contributed by atoms with Gasteiger partial charge in [0.05, 0.1) is 0 Å². The van der Waals surface area contributed by atoms with Crippen molar-refractivity contribution >= 4 is 22.1 Å². The van der Waals surface area contributed by atoms with Crippen LogP contribution in [0, 0.1) is 0 Å². The summed E-state index contributed by atoms with van der Waals surface area (Å²) in [5, 5.41) is 18.6. The van der Waals surface area contributed by atoms with Gasteiger partial charge in [-0.2, -0.15) is 0 Å². The molecule has 2 nitrogen and oxygen atoms in total. The van der Waals surface area contributed by atoms with E-state index in [4.69, 9.17) is 0 Å². The van der Waals surface area contributed by atoms with Crippen LogP contribution < -0.4 is 8.79 Å². The molecule has 0 fully saturated rings. The molecule has 0 amide bonds. The van der Waals surface area contributed by atoms with Crippen LogP contribution in [0.5, 0.6) is 11.5 Å². The molecule has 0 radical (unpaired) electrons. The van der Waals surface area contributed by atoms with Crippen molar-refractivity contribution in [3.8, 4) is 11.5 Å². The Morgan fingerprint density at radius 1 is 0.647 bits per heavy atom. The third-order valence-electron chi connectivity index (χ3n) is 3.18. The Morgan fingerprint density at radius 3 is 1.24 bits per heavy atom. The molecule has 2 aromatic carbocycles. The SMILES string of the molecule is [CH3][Ge]([CH3])([c]1ccc(O)cc1)[c]1ccc(O)cc1. The average Bonchev–Trinajstić information content (AvgIpc) is 2.30. The zero-order valence-corrected chi connectivity index (χ0v) is 12.1. The van der Waals surface area contributed by atoms with Crippen molar-refractivity contribution in [2.24, 2.45) is 0 Å². The van der Waals surface area contributed by atoms with Gasteiger partial charge in [-0.1, -0.05) is 0 Å². The summed E-state index contributed by atoms with van der Waals surface area (Å²) < 4.78 is 2.63. The first kappa shape index (κ1) is 12.1. The molecule has 2 rings (SSSR count). The van der Waals surface area contributed by atoms with Gasteiger partial charge in [-0.15, -0.1) is 0 Å². The molecule has 0 saturated heterocycles. The minimum atomic E-state index is -2.27. The number of hydrogen-bond acceptors (Lipinski definition) is 2. The third-order valence-corrected chi connectivity index (χ3v) is 10.6. The monoisotopic (exact) mass is 290 g/mol. The summed E-state index contributed by atoms with van der Waals surface area (Å²) in [5.74, 6) is 5.22. The molecular formula is C14H16GeO2. The topological polar surface area (TPSA) is 40.5 Å². The fourth-order valence-electron chi connectivity index (χ4n) is 1.92. The summed E-state index contributed by atoms with van der Waals surface area (Å²) in [7, 11) is 0. The molecule has 17 heavy (non-hydrogen) atoms. The van der Waals surface area contributed by atoms with Gasteiger partial charge in [0, 0.05) is 0 Å². The molecule has 0 heterocycles. The first-order chi connectivity index (χ1) is 8.00. The Balaban J connectivity index is 2.41. The molecule has 2 aromatic rings. The van der Waals surface area contributed by atoms with E-state index in [9.17, 15) is 10.2 Å². The Bertz CT molecular complexity index is 453. The minimum absolute atomic E-state index is 0.303. The van der Waals surface area contributed by atoms with Crippen molar-refractivity contribution in [3.05, 3.63) is 48.5 Å². The summed E-state index contributed by atoms with van der Waals surface area (Å²) in [5.41, 5.74) is 0. The second-order valence-corrected chi connectivity index (χ2v) is 14.0. The number of aromatic hydroxyl groups is 2. The predicted molar refractivity (Wildman–Crippen MR) is 73.0 cm³/mol. The van der Waals surface area contributed by atoms with Crippen LogP contribution in [0.4, 0.5) is 0 Å². The first-order valence-corrected chi connectivity index (χ1v) is 11.9. The van der Waals surface area contributed by atoms with Gasteiger partial charge in [-0.05, 0) is 0 Å². The summed E-state index contributed by atoms with van der Waals surface area (Å²) in [6.07, 6.45) is 0. The average molecular weight is 289 g/mol. The molecule has 0 unspecified atom stereocenters. The molecule has 0 aliphatic rings. The molecule has 0 aliphatic heterocycles. The number of phenols is 2. The molecule has 0 saturated carbocycles. The van der Waals surface area contributed by atoms with Crippen LogP contribution in [-0.2, 0) is 0 Å². The Labute approximate surface area is 104 Å². The van der Waals surface area contributed by atoms with E-state index in [1.807, 2.05) is 24.3 Å². The van der Waals surface area contributed by atoms with Crippen LogP contribution in [0.3, 0.4) is 0 Å². The van der Waals surface area contributed by atoms with Gasteiger partial charge in [0.15, 0.2) is 0 Å². The molecule has 88 valence electrons. The summed E-state index contributed by atoms with van der Waals surface area (Å²) in [6, 6.07) is 15.0. The quantitative estimate of drug-likeness (QED) is 0.829. The van der Waals surface area contributed by atoms with Gasteiger partial charge in [0.1, 0.15) is 0 Å². The Morgan fingerprint density at radius 2 is 0.941 bits per heavy atom. The molecule has 0 aliphatic carbocycles. The standard InChI is InChI=1S/C14H16GeO2/c1-15(2,11-3-7-13(16)8-4-11)12-5-9-14(17)10-6-12/h3-10,16-17H,1-2H3. The maximum absolute atomic E-state index is 9.32. The van der Waals surface area contributed by atoms with E-state index >= 15 is 0 Å². The zero-order chi connectivity index (χ0) is 12.5. The van der Waals surface area contributed by atoms with Crippen molar-refractivity contribution in [2.75, 3.05) is 0 Å². The molecule has 2 N–H and O–H groups in total. The van der Waals surface area contributed by atoms with E-state index in [2.05, 4.69) is 11.5 Å². The van der Waals surface area contributed by atoms with Crippen molar-refractivity contribution in [2.45, 2.75) is 11.5 Å². The second kappa shape index (κ2) is 4.45. The van der Waals surface area contributed by atoms with E-state index in [0.29, 0.717) is 11.5 Å². The van der Waals surface area contributed by atoms with Crippen LogP contribution in [0.1, 0.15) is 0 Å². The van der Waals surface area contributed by atoms with Crippen LogP contribution in [0.25, 0.3) is 0 Å². The third kappa shape index (κ3) is 2.47. The molecule has 3 heteroatoms. The molecular weight excluding hydrogens is 273 g/mol. The number of benzene rings is 2. The molecule has 0 bridgehead atoms. The summed E-state index contributed by atoms with van der Waals surface area (Å²) in [4.78, 5) is 0. The second-order valence-electron chi connectivity index (χ2n) is 4.72. The first-order valence-electron chi connectivity index (χ1n) is 5.59. The fraction of sp³-hybridized carbons (Fsp3) is 0.143. The Hall–Kier alpha value is -1.42. The van der Waals surface area contributed by atoms with Gasteiger partial charge < -0.3 is 0 Å². The molecule has 0 atom stereocenters. The van der Waals surface area contributed by atoms with Gasteiger partial charge in [0.2, 0.25) is 0 Å². The number of hydrogen-bond donors (Lipinski definition) is 2. The molecule has 0 aromatic heterocycles. The Kier molecular flexibility index (Phi) is 3.16. The van der Waals surface area contributed by atoms with E-state index in [0.717, 1.165) is 0 Å².